The van der Waals surface area contributed by atoms with E-state index < -0.39 is 0 Å². The molecule has 2 aromatic heterocycles. The predicted molar refractivity (Wildman–Crippen MR) is 289 cm³/mol. The Morgan fingerprint density at radius 3 is 1.39 bits per heavy atom. The van der Waals surface area contributed by atoms with Crippen molar-refractivity contribution in [1.29, 1.82) is 0 Å². The molecular formula is C58H56BBrIr2N8O2-4. The van der Waals surface area contributed by atoms with Gasteiger partial charge in [0.2, 0.25) is 0 Å². The summed E-state index contributed by atoms with van der Waals surface area (Å²) in [6, 6.07) is 56.5. The summed E-state index contributed by atoms with van der Waals surface area (Å²) in [7, 11) is 5.95. The van der Waals surface area contributed by atoms with Gasteiger partial charge in [0.1, 0.15) is 31.1 Å². The molecule has 6 aromatic carbocycles. The fraction of sp³-hybridized carbons (Fsp3) is 0.207. The summed E-state index contributed by atoms with van der Waals surface area (Å²) in [6.07, 6.45) is 20.3. The third-order valence-electron chi connectivity index (χ3n) is 13.2. The van der Waals surface area contributed by atoms with Crippen molar-refractivity contribution < 1.29 is 51.2 Å². The molecule has 0 saturated heterocycles. The Labute approximate surface area is 461 Å². The fourth-order valence-electron chi connectivity index (χ4n) is 9.84. The molecule has 72 heavy (non-hydrogen) atoms. The van der Waals surface area contributed by atoms with Crippen LogP contribution >= 0.6 is 15.9 Å². The molecular weight excluding hydrogens is 1320 g/mol. The molecule has 2 fully saturated rings. The number of rotatable bonds is 7. The van der Waals surface area contributed by atoms with Gasteiger partial charge in [-0.2, -0.15) is 36.4 Å². The first-order chi connectivity index (χ1) is 33.6. The zero-order valence-electron chi connectivity index (χ0n) is 39.7. The first kappa shape index (κ1) is 55.8. The van der Waals surface area contributed by atoms with Gasteiger partial charge in [-0.3, -0.25) is 0 Å². The molecule has 4 N–H and O–H groups in total. The number of para-hydroxylation sites is 2. The van der Waals surface area contributed by atoms with Crippen molar-refractivity contribution >= 4 is 75.3 Å². The number of halogens is 1. The van der Waals surface area contributed by atoms with Crippen molar-refractivity contribution in [1.82, 2.24) is 19.9 Å². The summed E-state index contributed by atoms with van der Waals surface area (Å²) in [5, 5.41) is 0. The number of fused-ring (bicyclic) bond motifs is 2. The average Bonchev–Trinajstić information content (AvgIpc) is 4.00. The topological polar surface area (TPSA) is 128 Å². The second-order valence-electron chi connectivity index (χ2n) is 17.5. The summed E-state index contributed by atoms with van der Waals surface area (Å²) >= 11 is 3.50. The van der Waals surface area contributed by atoms with Gasteiger partial charge >= 0.3 is 0 Å². The Balaban J connectivity index is 0.000000188. The van der Waals surface area contributed by atoms with Gasteiger partial charge in [-0.1, -0.05) is 155 Å². The van der Waals surface area contributed by atoms with E-state index in [2.05, 4.69) is 125 Å². The number of benzene rings is 6. The van der Waals surface area contributed by atoms with Crippen LogP contribution in [0.1, 0.15) is 87.2 Å². The van der Waals surface area contributed by atoms with Gasteiger partial charge in [-0.15, -0.1) is 42.4 Å². The van der Waals surface area contributed by atoms with E-state index >= 15 is 0 Å². The monoisotopic (exact) mass is 1370 g/mol. The number of aromatic nitrogens is 4. The number of hydrogen-bond acceptors (Lipinski definition) is 8. The van der Waals surface area contributed by atoms with E-state index in [1.54, 1.807) is 24.8 Å². The van der Waals surface area contributed by atoms with Gasteiger partial charge in [0.25, 0.3) is 0 Å². The van der Waals surface area contributed by atoms with Crippen molar-refractivity contribution in [2.45, 2.75) is 76.0 Å². The Bertz CT molecular complexity index is 2930. The smallest absolute Gasteiger partial charge is 0.145 e. The molecule has 4 radical (unpaired) electrons. The van der Waals surface area contributed by atoms with Crippen LogP contribution in [0, 0.1) is 25.5 Å². The maximum absolute atomic E-state index is 5.95. The summed E-state index contributed by atoms with van der Waals surface area (Å²) in [6.45, 7) is 4.04. The van der Waals surface area contributed by atoms with E-state index in [-0.39, 0.29) is 51.2 Å². The van der Waals surface area contributed by atoms with Gasteiger partial charge in [-0.25, -0.2) is 19.9 Å². The van der Waals surface area contributed by atoms with Crippen molar-refractivity contribution in [2.24, 2.45) is 0 Å². The number of nitrogens with zero attached hydrogens (tertiary/aromatic N) is 8. The van der Waals surface area contributed by atoms with E-state index in [9.17, 15) is 0 Å². The standard InChI is InChI=1S/C29H26N4.C17H11BrN4.C12H15B.2Ir.2H2O/c1-3-10-22(11-4-1)26-16-7-8-17-27(26)23-12-9-15-25(20-23)33-21-32(24-13-5-2-6-14-24)28-29(33)31-19-18-30-28;18-13-5-4-8-15(11-13)22-12-21(14-6-2-1-3-7-14)16-17(22)20-10-9-19-16;13-12-9-5-4-8-11(12)10-6-2-1-3-7-10;;;;/h2,5-9,12-14,16-22H,1,3-4,10-11H2;1-7,9-12H;4-5,8-10H,1-3,6-7H2;;;2*1H2/q2*-2;;;;;. The van der Waals surface area contributed by atoms with Crippen LogP contribution in [-0.4, -0.2) is 38.7 Å². The van der Waals surface area contributed by atoms with Gasteiger partial charge < -0.3 is 30.6 Å². The minimum absolute atomic E-state index is 0. The quantitative estimate of drug-likeness (QED) is 0.114. The number of anilines is 8. The second kappa shape index (κ2) is 26.9. The molecule has 10 nitrogen and oxygen atoms in total. The summed E-state index contributed by atoms with van der Waals surface area (Å²) in [5.41, 5.74) is 10.4. The maximum Gasteiger partial charge on any atom is 0.145 e. The predicted octanol–water partition coefficient (Wildman–Crippen LogP) is 12.7. The van der Waals surface area contributed by atoms with Crippen LogP contribution in [0.5, 0.6) is 0 Å². The molecule has 0 bridgehead atoms. The van der Waals surface area contributed by atoms with Crippen molar-refractivity contribution in [3.8, 4) is 11.1 Å². The number of hydrogen-bond donors (Lipinski definition) is 0. The van der Waals surface area contributed by atoms with Gasteiger partial charge in [0.05, 0.1) is 0 Å². The van der Waals surface area contributed by atoms with E-state index in [1.165, 1.54) is 86.5 Å². The Morgan fingerprint density at radius 2 is 0.889 bits per heavy atom. The average molecular weight is 1370 g/mol. The molecule has 12 rings (SSSR count). The third kappa shape index (κ3) is 12.8. The second-order valence-corrected chi connectivity index (χ2v) is 18.4. The summed E-state index contributed by atoms with van der Waals surface area (Å²) in [4.78, 5) is 26.4. The molecule has 8 aromatic rings. The van der Waals surface area contributed by atoms with Crippen LogP contribution in [0.25, 0.3) is 11.1 Å². The van der Waals surface area contributed by atoms with Gasteiger partial charge in [0.15, 0.2) is 0 Å². The molecule has 4 aliphatic rings. The molecule has 0 amide bonds. The van der Waals surface area contributed by atoms with Gasteiger partial charge in [-0.05, 0) is 72.9 Å². The maximum atomic E-state index is 5.95. The largest absolute Gasteiger partial charge is 0.477 e. The zero-order valence-corrected chi connectivity index (χ0v) is 46.1. The van der Waals surface area contributed by atoms with E-state index in [4.69, 9.17) is 7.85 Å². The minimum atomic E-state index is 0. The van der Waals surface area contributed by atoms with Crippen molar-refractivity contribution in [3.63, 3.8) is 0 Å². The molecule has 14 heteroatoms. The van der Waals surface area contributed by atoms with Crippen LogP contribution in [-0.2, 0) is 40.2 Å². The SMILES string of the molecule is Brc1cc[c-]c(N2[CH-]N(c3ccccc3)c3nccnc32)c1.O.O.[B]c1ccccc1C1CCCCC1.[Ir].[Ir].[c-]1ccc(-c2ccccc2C2CCCCC2)cc1N1[CH-]N(c2ccccc2)c2nccnc21. The first-order valence-electron chi connectivity index (χ1n) is 23.8. The fourth-order valence-corrected chi connectivity index (χ4v) is 10.2. The van der Waals surface area contributed by atoms with E-state index in [0.29, 0.717) is 5.92 Å². The zero-order chi connectivity index (χ0) is 46.1. The van der Waals surface area contributed by atoms with Crippen LogP contribution in [0.15, 0.2) is 175 Å². The minimum Gasteiger partial charge on any atom is -0.477 e. The van der Waals surface area contributed by atoms with Crippen molar-refractivity contribution in [3.05, 3.63) is 211 Å². The van der Waals surface area contributed by atoms with E-state index in [1.807, 2.05) is 101 Å². The molecule has 0 spiro atoms. The molecule has 372 valence electrons. The first-order valence-corrected chi connectivity index (χ1v) is 24.6. The summed E-state index contributed by atoms with van der Waals surface area (Å²) < 4.78 is 0.998. The summed E-state index contributed by atoms with van der Waals surface area (Å²) in [5.74, 6) is 4.62. The molecule has 2 aliphatic heterocycles. The molecule has 4 heterocycles. The van der Waals surface area contributed by atoms with Crippen LogP contribution in [0.4, 0.5) is 46.0 Å². The third-order valence-corrected chi connectivity index (χ3v) is 13.7. The Hall–Kier alpha value is -5.56. The molecule has 0 unspecified atom stereocenters. The Kier molecular flexibility index (Phi) is 20.9. The molecule has 0 atom stereocenters. The van der Waals surface area contributed by atoms with E-state index in [0.717, 1.165) is 61.9 Å². The Morgan fingerprint density at radius 1 is 0.472 bits per heavy atom. The normalized spacial score (nSPS) is 14.8. The van der Waals surface area contributed by atoms with Crippen molar-refractivity contribution in [2.75, 3.05) is 19.6 Å². The molecule has 2 aliphatic carbocycles. The van der Waals surface area contributed by atoms with Crippen LogP contribution in [0.2, 0.25) is 0 Å². The molecule has 2 saturated carbocycles. The van der Waals surface area contributed by atoms with Gasteiger partial charge in [0, 0.05) is 76.4 Å². The van der Waals surface area contributed by atoms with Crippen LogP contribution in [0.3, 0.4) is 0 Å². The van der Waals surface area contributed by atoms with Crippen LogP contribution < -0.4 is 25.1 Å².